The largest absolute Gasteiger partial charge is 0.381 e. The number of sulfonamides is 1. The van der Waals surface area contributed by atoms with Gasteiger partial charge in [0.25, 0.3) is 10.0 Å². The van der Waals surface area contributed by atoms with Gasteiger partial charge < -0.3 is 5.32 Å². The normalized spacial score (nSPS) is 12.3. The van der Waals surface area contributed by atoms with Gasteiger partial charge in [0.2, 0.25) is 5.95 Å². The Labute approximate surface area is 193 Å². The van der Waals surface area contributed by atoms with E-state index < -0.39 is 45.7 Å². The molecule has 0 fully saturated rings. The molecule has 0 atom stereocenters. The van der Waals surface area contributed by atoms with Gasteiger partial charge >= 0.3 is 0 Å². The Kier molecular flexibility index (Phi) is 6.77. The summed E-state index contributed by atoms with van der Waals surface area (Å²) < 4.78 is 74.9. The van der Waals surface area contributed by atoms with E-state index in [1.165, 1.54) is 12.1 Å². The summed E-state index contributed by atoms with van der Waals surface area (Å²) in [6.07, 6.45) is 1.64. The minimum atomic E-state index is -4.22. The zero-order chi connectivity index (χ0) is 24.4. The second-order valence-electron chi connectivity index (χ2n) is 7.38. The lowest BCUT2D eigenvalue weighted by Crippen LogP contribution is -2.18. The molecule has 13 heteroatoms. The van der Waals surface area contributed by atoms with E-state index in [-0.39, 0.29) is 4.90 Å². The summed E-state index contributed by atoms with van der Waals surface area (Å²) >= 11 is 0. The molecule has 0 aliphatic rings. The van der Waals surface area contributed by atoms with Crippen LogP contribution in [0, 0.1) is 6.92 Å². The van der Waals surface area contributed by atoms with Crippen LogP contribution in [0.25, 0.3) is 0 Å². The molecule has 0 spiro atoms. The van der Waals surface area contributed by atoms with E-state index >= 15 is 0 Å². The lowest BCUT2D eigenvalue weighted by Gasteiger charge is -2.11. The van der Waals surface area contributed by atoms with Gasteiger partial charge in [-0.25, -0.2) is 39.9 Å². The topological polar surface area (TPSA) is 152 Å². The number of aryl methyl sites for hydroxylation is 1. The molecule has 0 aliphatic heterocycles. The summed E-state index contributed by atoms with van der Waals surface area (Å²) in [5.74, 6) is -0.667. The molecule has 1 aromatic heterocycles. The second kappa shape index (κ2) is 9.08. The molecule has 0 bridgehead atoms. The van der Waals surface area contributed by atoms with Gasteiger partial charge in [-0.1, -0.05) is 29.8 Å². The highest BCUT2D eigenvalue weighted by molar-refractivity contribution is 7.93. The van der Waals surface area contributed by atoms with Gasteiger partial charge in [-0.05, 0) is 36.8 Å². The molecule has 33 heavy (non-hydrogen) atoms. The Balaban J connectivity index is 1.82. The van der Waals surface area contributed by atoms with E-state index in [4.69, 9.17) is 0 Å². The molecular weight excluding hydrogens is 488 g/mol. The number of hydrogen-bond acceptors (Lipinski definition) is 9. The van der Waals surface area contributed by atoms with Crippen molar-refractivity contribution in [1.29, 1.82) is 0 Å². The van der Waals surface area contributed by atoms with E-state index in [1.54, 1.807) is 12.1 Å². The molecule has 10 nitrogen and oxygen atoms in total. The van der Waals surface area contributed by atoms with Crippen LogP contribution in [0.5, 0.6) is 0 Å². The first-order valence-electron chi connectivity index (χ1n) is 9.45. The van der Waals surface area contributed by atoms with Crippen LogP contribution in [0.2, 0.25) is 0 Å². The summed E-state index contributed by atoms with van der Waals surface area (Å²) in [7, 11) is -12.1. The lowest BCUT2D eigenvalue weighted by molar-refractivity contribution is 0.590. The average molecular weight is 511 g/mol. The fourth-order valence-corrected chi connectivity index (χ4v) is 4.85. The standard InChI is InChI=1S/C20H22N4O6S3/c1-14-4-6-15(7-5-14)13-21-16-8-10-17(11-9-16)33(29,30)24-20-22-18(31(2,25)26)12-19(23-20)32(3,27)28/h4-12,21H,13H2,1-3H3,(H,22,23,24). The van der Waals surface area contributed by atoms with Crippen molar-refractivity contribution in [2.24, 2.45) is 0 Å². The number of anilines is 2. The Bertz CT molecular complexity index is 1430. The zero-order valence-corrected chi connectivity index (χ0v) is 20.4. The highest BCUT2D eigenvalue weighted by Crippen LogP contribution is 2.20. The smallest absolute Gasteiger partial charge is 0.264 e. The van der Waals surface area contributed by atoms with E-state index in [2.05, 4.69) is 15.3 Å². The van der Waals surface area contributed by atoms with Crippen molar-refractivity contribution in [3.8, 4) is 0 Å². The van der Waals surface area contributed by atoms with Crippen molar-refractivity contribution in [3.05, 3.63) is 65.7 Å². The van der Waals surface area contributed by atoms with Crippen molar-refractivity contribution in [2.45, 2.75) is 28.4 Å². The van der Waals surface area contributed by atoms with Gasteiger partial charge in [-0.15, -0.1) is 0 Å². The maximum absolute atomic E-state index is 12.7. The lowest BCUT2D eigenvalue weighted by atomic mass is 10.1. The monoisotopic (exact) mass is 510 g/mol. The van der Waals surface area contributed by atoms with E-state index in [0.717, 1.165) is 29.7 Å². The number of nitrogens with one attached hydrogen (secondary N) is 2. The minimum absolute atomic E-state index is 0.141. The Hall–Kier alpha value is -3.03. The number of aromatic nitrogens is 2. The van der Waals surface area contributed by atoms with Crippen molar-refractivity contribution >= 4 is 41.3 Å². The van der Waals surface area contributed by atoms with Gasteiger partial charge in [-0.2, -0.15) is 0 Å². The average Bonchev–Trinajstić information content (AvgIpc) is 2.72. The molecular formula is C20H22N4O6S3. The van der Waals surface area contributed by atoms with Crippen LogP contribution in [0.1, 0.15) is 11.1 Å². The molecule has 2 N–H and O–H groups in total. The first-order valence-corrected chi connectivity index (χ1v) is 14.7. The molecule has 0 saturated carbocycles. The molecule has 0 saturated heterocycles. The van der Waals surface area contributed by atoms with Crippen molar-refractivity contribution in [2.75, 3.05) is 22.6 Å². The Morgan fingerprint density at radius 3 is 1.76 bits per heavy atom. The number of rotatable bonds is 8. The first kappa shape index (κ1) is 24.6. The van der Waals surface area contributed by atoms with E-state index in [9.17, 15) is 25.3 Å². The van der Waals surface area contributed by atoms with Crippen LogP contribution in [0.15, 0.2) is 69.5 Å². The van der Waals surface area contributed by atoms with Crippen molar-refractivity contribution in [1.82, 2.24) is 9.97 Å². The molecule has 0 aliphatic carbocycles. The summed E-state index contributed by atoms with van der Waals surface area (Å²) in [4.78, 5) is 7.16. The number of nitrogens with zero attached hydrogens (tertiary/aromatic N) is 2. The third kappa shape index (κ3) is 6.49. The molecule has 2 aromatic carbocycles. The van der Waals surface area contributed by atoms with Crippen LogP contribution in [0.3, 0.4) is 0 Å². The summed E-state index contributed by atoms with van der Waals surface area (Å²) in [5.41, 5.74) is 2.89. The van der Waals surface area contributed by atoms with Crippen molar-refractivity contribution < 1.29 is 25.3 Å². The minimum Gasteiger partial charge on any atom is -0.381 e. The molecule has 0 unspecified atom stereocenters. The summed E-state index contributed by atoms with van der Waals surface area (Å²) in [5, 5.41) is 1.95. The number of hydrogen-bond donors (Lipinski definition) is 2. The van der Waals surface area contributed by atoms with Crippen LogP contribution in [0.4, 0.5) is 11.6 Å². The maximum atomic E-state index is 12.7. The van der Waals surface area contributed by atoms with Gasteiger partial charge in [0.1, 0.15) is 0 Å². The second-order valence-corrected chi connectivity index (χ2v) is 13.0. The van der Waals surface area contributed by atoms with Crippen LogP contribution >= 0.6 is 0 Å². The number of benzene rings is 2. The highest BCUT2D eigenvalue weighted by atomic mass is 32.2. The summed E-state index contributed by atoms with van der Waals surface area (Å²) in [6.45, 7) is 2.54. The summed E-state index contributed by atoms with van der Waals surface area (Å²) in [6, 6.07) is 14.6. The predicted molar refractivity (Wildman–Crippen MR) is 124 cm³/mol. The molecule has 0 radical (unpaired) electrons. The fraction of sp³-hybridized carbons (Fsp3) is 0.200. The molecule has 1 heterocycles. The third-order valence-electron chi connectivity index (χ3n) is 4.45. The van der Waals surface area contributed by atoms with E-state index in [0.29, 0.717) is 12.2 Å². The van der Waals surface area contributed by atoms with Gasteiger partial charge in [-0.3, -0.25) is 0 Å². The molecule has 3 rings (SSSR count). The SMILES string of the molecule is Cc1ccc(CNc2ccc(S(=O)(=O)Nc3nc(S(C)(=O)=O)cc(S(C)(=O)=O)n3)cc2)cc1. The molecule has 0 amide bonds. The Morgan fingerprint density at radius 1 is 0.758 bits per heavy atom. The first-order chi connectivity index (χ1) is 15.2. The predicted octanol–water partition coefficient (Wildman–Crippen LogP) is 2.00. The van der Waals surface area contributed by atoms with Crippen LogP contribution in [-0.2, 0) is 36.2 Å². The van der Waals surface area contributed by atoms with Crippen molar-refractivity contribution in [3.63, 3.8) is 0 Å². The van der Waals surface area contributed by atoms with E-state index in [1.807, 2.05) is 35.9 Å². The molecule has 176 valence electrons. The van der Waals surface area contributed by atoms with Crippen LogP contribution < -0.4 is 10.0 Å². The quantitative estimate of drug-likeness (QED) is 0.433. The maximum Gasteiger partial charge on any atom is 0.264 e. The Morgan fingerprint density at radius 2 is 1.27 bits per heavy atom. The highest BCUT2D eigenvalue weighted by Gasteiger charge is 2.22. The van der Waals surface area contributed by atoms with Gasteiger partial charge in [0.05, 0.1) is 4.90 Å². The fourth-order valence-electron chi connectivity index (χ4n) is 2.67. The zero-order valence-electron chi connectivity index (χ0n) is 18.0. The number of sulfone groups is 2. The van der Waals surface area contributed by atoms with Crippen LogP contribution in [-0.4, -0.2) is 47.7 Å². The van der Waals surface area contributed by atoms with Gasteiger partial charge in [0, 0.05) is 30.8 Å². The third-order valence-corrected chi connectivity index (χ3v) is 7.73. The molecule has 3 aromatic rings. The van der Waals surface area contributed by atoms with Gasteiger partial charge in [0.15, 0.2) is 29.7 Å².